The maximum absolute atomic E-state index is 5.81. The highest BCUT2D eigenvalue weighted by molar-refractivity contribution is 7.12. The summed E-state index contributed by atoms with van der Waals surface area (Å²) >= 11 is 1.91. The number of rotatable bonds is 3. The monoisotopic (exact) mass is 252 g/mol. The Bertz CT molecular complexity index is 372. The topological polar surface area (TPSA) is 29.3 Å². The normalized spacial score (nSPS) is 26.4. The summed E-state index contributed by atoms with van der Waals surface area (Å²) in [5.74, 6) is 0.700. The van der Waals surface area contributed by atoms with Gasteiger partial charge in [-0.2, -0.15) is 0 Å². The summed E-state index contributed by atoms with van der Waals surface area (Å²) in [6.45, 7) is 9.90. The third-order valence-corrected chi connectivity index (χ3v) is 4.97. The molecule has 96 valence electrons. The molecular formula is C14H24N2S. The van der Waals surface area contributed by atoms with Crippen LogP contribution in [0.2, 0.25) is 0 Å². The van der Waals surface area contributed by atoms with Gasteiger partial charge in [0.25, 0.3) is 0 Å². The Morgan fingerprint density at radius 1 is 1.41 bits per heavy atom. The van der Waals surface area contributed by atoms with Crippen molar-refractivity contribution in [2.75, 3.05) is 13.1 Å². The molecule has 0 spiro atoms. The molecule has 1 aromatic rings. The first-order valence-electron chi connectivity index (χ1n) is 6.60. The first-order valence-corrected chi connectivity index (χ1v) is 7.41. The number of aryl methyl sites for hydroxylation is 2. The minimum absolute atomic E-state index is 0.700. The summed E-state index contributed by atoms with van der Waals surface area (Å²) in [7, 11) is 0. The summed E-state index contributed by atoms with van der Waals surface area (Å²) in [6.07, 6.45) is 2.60. The minimum Gasteiger partial charge on any atom is -0.330 e. The molecule has 0 aromatic carbocycles. The molecule has 2 nitrogen and oxygen atoms in total. The first kappa shape index (κ1) is 13.1. The number of thiophene rings is 1. The Kier molecular flexibility index (Phi) is 4.23. The maximum atomic E-state index is 5.81. The average molecular weight is 252 g/mol. The SMILES string of the molecule is Cc1cc(CN2CC(CN)CCC2C)c(C)s1. The molecule has 2 atom stereocenters. The molecule has 2 N–H and O–H groups in total. The fourth-order valence-corrected chi connectivity index (χ4v) is 3.67. The fraction of sp³-hybridized carbons (Fsp3) is 0.714. The summed E-state index contributed by atoms with van der Waals surface area (Å²) in [6, 6.07) is 3.05. The van der Waals surface area contributed by atoms with Crippen molar-refractivity contribution in [2.45, 2.75) is 46.2 Å². The van der Waals surface area contributed by atoms with E-state index < -0.39 is 0 Å². The third kappa shape index (κ3) is 3.09. The zero-order valence-electron chi connectivity index (χ0n) is 11.2. The molecule has 3 heteroatoms. The molecule has 2 rings (SSSR count). The Balaban J connectivity index is 2.03. The van der Waals surface area contributed by atoms with E-state index in [9.17, 15) is 0 Å². The van der Waals surface area contributed by atoms with E-state index in [0.29, 0.717) is 12.0 Å². The number of piperidine rings is 1. The second-order valence-corrected chi connectivity index (χ2v) is 6.86. The van der Waals surface area contributed by atoms with Crippen LogP contribution in [-0.2, 0) is 6.54 Å². The molecule has 1 saturated heterocycles. The van der Waals surface area contributed by atoms with Gasteiger partial charge in [-0.3, -0.25) is 4.90 Å². The second kappa shape index (κ2) is 5.51. The van der Waals surface area contributed by atoms with Gasteiger partial charge in [0.05, 0.1) is 0 Å². The number of nitrogens with zero attached hydrogens (tertiary/aromatic N) is 1. The van der Waals surface area contributed by atoms with Gasteiger partial charge in [0.15, 0.2) is 0 Å². The highest BCUT2D eigenvalue weighted by Gasteiger charge is 2.25. The Morgan fingerprint density at radius 3 is 2.76 bits per heavy atom. The van der Waals surface area contributed by atoms with Crippen molar-refractivity contribution < 1.29 is 0 Å². The quantitative estimate of drug-likeness (QED) is 0.896. The zero-order chi connectivity index (χ0) is 12.4. The van der Waals surface area contributed by atoms with Gasteiger partial charge in [0, 0.05) is 28.9 Å². The Labute approximate surface area is 109 Å². The molecule has 1 aliphatic rings. The molecule has 1 aliphatic heterocycles. The van der Waals surface area contributed by atoms with Crippen LogP contribution in [0.1, 0.15) is 35.1 Å². The van der Waals surface area contributed by atoms with Gasteiger partial charge < -0.3 is 5.73 Å². The van der Waals surface area contributed by atoms with E-state index in [4.69, 9.17) is 5.73 Å². The summed E-state index contributed by atoms with van der Waals surface area (Å²) in [5.41, 5.74) is 7.32. The molecule has 0 radical (unpaired) electrons. The number of hydrogen-bond donors (Lipinski definition) is 1. The van der Waals surface area contributed by atoms with Crippen molar-refractivity contribution in [2.24, 2.45) is 11.7 Å². The predicted octanol–water partition coefficient (Wildman–Crippen LogP) is 2.92. The van der Waals surface area contributed by atoms with E-state index in [0.717, 1.165) is 13.1 Å². The van der Waals surface area contributed by atoms with Crippen molar-refractivity contribution in [3.05, 3.63) is 21.4 Å². The van der Waals surface area contributed by atoms with Crippen LogP contribution < -0.4 is 5.73 Å². The molecule has 0 amide bonds. The molecule has 1 aromatic heterocycles. The predicted molar refractivity (Wildman–Crippen MR) is 75.4 cm³/mol. The number of hydrogen-bond acceptors (Lipinski definition) is 3. The average Bonchev–Trinajstić information content (AvgIpc) is 2.60. The Morgan fingerprint density at radius 2 is 2.18 bits per heavy atom. The zero-order valence-corrected chi connectivity index (χ0v) is 12.0. The summed E-state index contributed by atoms with van der Waals surface area (Å²) < 4.78 is 0. The van der Waals surface area contributed by atoms with Gasteiger partial charge in [-0.1, -0.05) is 0 Å². The van der Waals surface area contributed by atoms with Crippen LogP contribution in [0, 0.1) is 19.8 Å². The number of nitrogens with two attached hydrogens (primary N) is 1. The van der Waals surface area contributed by atoms with Gasteiger partial charge in [-0.15, -0.1) is 11.3 Å². The molecule has 2 unspecified atom stereocenters. The molecule has 0 saturated carbocycles. The van der Waals surface area contributed by atoms with Crippen LogP contribution >= 0.6 is 11.3 Å². The molecule has 0 bridgehead atoms. The van der Waals surface area contributed by atoms with E-state index >= 15 is 0 Å². The van der Waals surface area contributed by atoms with Crippen LogP contribution in [0.15, 0.2) is 6.07 Å². The van der Waals surface area contributed by atoms with Crippen LogP contribution in [0.25, 0.3) is 0 Å². The number of likely N-dealkylation sites (tertiary alicyclic amines) is 1. The smallest absolute Gasteiger partial charge is 0.0247 e. The van der Waals surface area contributed by atoms with Crippen molar-refractivity contribution >= 4 is 11.3 Å². The Hall–Kier alpha value is -0.380. The van der Waals surface area contributed by atoms with E-state index in [1.165, 1.54) is 34.7 Å². The fourth-order valence-electron chi connectivity index (χ4n) is 2.73. The van der Waals surface area contributed by atoms with E-state index in [2.05, 4.69) is 31.7 Å². The van der Waals surface area contributed by atoms with Crippen LogP contribution in [0.3, 0.4) is 0 Å². The lowest BCUT2D eigenvalue weighted by Gasteiger charge is -2.37. The van der Waals surface area contributed by atoms with Crippen molar-refractivity contribution in [3.8, 4) is 0 Å². The van der Waals surface area contributed by atoms with Crippen LogP contribution in [-0.4, -0.2) is 24.0 Å². The standard InChI is InChI=1S/C14H24N2S/c1-10-4-5-13(7-15)8-16(10)9-14-6-11(2)17-12(14)3/h6,10,13H,4-5,7-9,15H2,1-3H3. The highest BCUT2D eigenvalue weighted by atomic mass is 32.1. The van der Waals surface area contributed by atoms with Crippen molar-refractivity contribution in [1.82, 2.24) is 4.90 Å². The first-order chi connectivity index (χ1) is 8.10. The molecular weight excluding hydrogens is 228 g/mol. The highest BCUT2D eigenvalue weighted by Crippen LogP contribution is 2.27. The van der Waals surface area contributed by atoms with Crippen LogP contribution in [0.5, 0.6) is 0 Å². The molecule has 17 heavy (non-hydrogen) atoms. The largest absolute Gasteiger partial charge is 0.330 e. The molecule has 0 aliphatic carbocycles. The van der Waals surface area contributed by atoms with E-state index in [-0.39, 0.29) is 0 Å². The van der Waals surface area contributed by atoms with Gasteiger partial charge in [-0.05, 0) is 57.7 Å². The van der Waals surface area contributed by atoms with Gasteiger partial charge in [0.2, 0.25) is 0 Å². The lowest BCUT2D eigenvalue weighted by molar-refractivity contribution is 0.113. The van der Waals surface area contributed by atoms with Gasteiger partial charge in [-0.25, -0.2) is 0 Å². The van der Waals surface area contributed by atoms with E-state index in [1.54, 1.807) is 0 Å². The molecule has 2 heterocycles. The second-order valence-electron chi connectivity index (χ2n) is 5.40. The van der Waals surface area contributed by atoms with Gasteiger partial charge in [0.1, 0.15) is 0 Å². The lowest BCUT2D eigenvalue weighted by atomic mass is 9.93. The minimum atomic E-state index is 0.700. The third-order valence-electron chi connectivity index (χ3n) is 3.96. The van der Waals surface area contributed by atoms with Gasteiger partial charge >= 0.3 is 0 Å². The van der Waals surface area contributed by atoms with Crippen molar-refractivity contribution in [3.63, 3.8) is 0 Å². The lowest BCUT2D eigenvalue weighted by Crippen LogP contribution is -2.43. The maximum Gasteiger partial charge on any atom is 0.0247 e. The van der Waals surface area contributed by atoms with Crippen molar-refractivity contribution in [1.29, 1.82) is 0 Å². The van der Waals surface area contributed by atoms with E-state index in [1.807, 2.05) is 11.3 Å². The summed E-state index contributed by atoms with van der Waals surface area (Å²) in [5, 5.41) is 0. The molecule has 1 fully saturated rings. The summed E-state index contributed by atoms with van der Waals surface area (Å²) in [4.78, 5) is 5.51. The van der Waals surface area contributed by atoms with Crippen LogP contribution in [0.4, 0.5) is 0 Å².